The zero-order chi connectivity index (χ0) is 21.9. The van der Waals surface area contributed by atoms with Crippen LogP contribution in [0.1, 0.15) is 76.6 Å². The van der Waals surface area contributed by atoms with E-state index in [2.05, 4.69) is 28.4 Å². The zero-order valence-electron chi connectivity index (χ0n) is 18.3. The first-order valence-corrected chi connectivity index (χ1v) is 12.1. The van der Waals surface area contributed by atoms with Crippen molar-refractivity contribution in [3.63, 3.8) is 0 Å². The molecule has 2 aliphatic rings. The van der Waals surface area contributed by atoms with Gasteiger partial charge in [0.1, 0.15) is 0 Å². The molecular weight excluding hydrogens is 420 g/mol. The molecule has 2 aromatic heterocycles. The van der Waals surface area contributed by atoms with Crippen LogP contribution in [-0.4, -0.2) is 39.1 Å². The van der Waals surface area contributed by atoms with Crippen molar-refractivity contribution in [1.82, 2.24) is 20.1 Å². The van der Waals surface area contributed by atoms with Gasteiger partial charge >= 0.3 is 0 Å². The summed E-state index contributed by atoms with van der Waals surface area (Å²) in [7, 11) is 0. The minimum atomic E-state index is 0.0904. The number of carbonyl (C=O) groups is 1. The summed E-state index contributed by atoms with van der Waals surface area (Å²) in [6.07, 6.45) is 10.2. The molecule has 1 saturated heterocycles. The number of nitrogens with zero attached hydrogens (tertiary/aromatic N) is 3. The molecule has 1 aromatic carbocycles. The average molecular weight is 449 g/mol. The highest BCUT2D eigenvalue weighted by atomic mass is 35.5. The number of H-pyrrole nitrogens is 1. The highest BCUT2D eigenvalue weighted by Gasteiger charge is 2.29. The molecule has 3 aromatic rings. The van der Waals surface area contributed by atoms with E-state index in [9.17, 15) is 4.79 Å². The van der Waals surface area contributed by atoms with Crippen LogP contribution in [0.3, 0.4) is 0 Å². The van der Waals surface area contributed by atoms with Gasteiger partial charge in [-0.05, 0) is 74.3 Å². The number of aromatic amines is 1. The van der Waals surface area contributed by atoms with Gasteiger partial charge in [0.05, 0.1) is 0 Å². The summed E-state index contributed by atoms with van der Waals surface area (Å²) >= 11 is 6.10. The van der Waals surface area contributed by atoms with Crippen LogP contribution in [0.25, 0.3) is 0 Å². The van der Waals surface area contributed by atoms with Crippen LogP contribution in [0.2, 0.25) is 5.02 Å². The third kappa shape index (κ3) is 4.58. The van der Waals surface area contributed by atoms with Gasteiger partial charge in [-0.2, -0.15) is 5.10 Å². The van der Waals surface area contributed by atoms with Gasteiger partial charge in [0.15, 0.2) is 5.69 Å². The van der Waals surface area contributed by atoms with Crippen molar-refractivity contribution in [2.24, 2.45) is 0 Å². The van der Waals surface area contributed by atoms with E-state index < -0.39 is 0 Å². The maximum Gasteiger partial charge on any atom is 0.274 e. The molecule has 6 heteroatoms. The molecule has 0 saturated carbocycles. The van der Waals surface area contributed by atoms with Gasteiger partial charge < -0.3 is 4.90 Å². The molecule has 5 nitrogen and oxygen atoms in total. The van der Waals surface area contributed by atoms with Crippen LogP contribution < -0.4 is 0 Å². The SMILES string of the molecule is O=C(c1n[nH]c2c1CCCCC2)N1CCC(c2ccc(Cc3cccc(Cl)c3)cn2)CC1. The van der Waals surface area contributed by atoms with Crippen LogP contribution >= 0.6 is 11.6 Å². The maximum atomic E-state index is 13.1. The molecule has 166 valence electrons. The molecule has 1 N–H and O–H groups in total. The van der Waals surface area contributed by atoms with Crippen molar-refractivity contribution < 1.29 is 4.79 Å². The van der Waals surface area contributed by atoms with Gasteiger partial charge in [-0.1, -0.05) is 36.2 Å². The predicted molar refractivity (Wildman–Crippen MR) is 126 cm³/mol. The molecule has 0 bridgehead atoms. The van der Waals surface area contributed by atoms with E-state index in [0.717, 1.165) is 67.9 Å². The Bertz CT molecular complexity index is 1080. The molecule has 0 spiro atoms. The summed E-state index contributed by atoms with van der Waals surface area (Å²) in [6, 6.07) is 12.3. The Kier molecular flexibility index (Phi) is 6.26. The second-order valence-electron chi connectivity index (χ2n) is 9.05. The van der Waals surface area contributed by atoms with Gasteiger partial charge in [-0.15, -0.1) is 0 Å². The van der Waals surface area contributed by atoms with Gasteiger partial charge in [0.2, 0.25) is 0 Å². The molecule has 0 unspecified atom stereocenters. The molecule has 5 rings (SSSR count). The summed E-state index contributed by atoms with van der Waals surface area (Å²) in [6.45, 7) is 1.52. The van der Waals surface area contributed by atoms with Gasteiger partial charge in [0.25, 0.3) is 5.91 Å². The van der Waals surface area contributed by atoms with Crippen LogP contribution in [0, 0.1) is 0 Å². The van der Waals surface area contributed by atoms with Gasteiger partial charge in [0, 0.05) is 47.2 Å². The summed E-state index contributed by atoms with van der Waals surface area (Å²) in [5, 5.41) is 8.30. The number of rotatable bonds is 4. The first kappa shape index (κ1) is 21.2. The fraction of sp³-hybridized carbons (Fsp3) is 0.423. The fourth-order valence-electron chi connectivity index (χ4n) is 5.03. The Morgan fingerprint density at radius 3 is 2.69 bits per heavy atom. The molecule has 0 radical (unpaired) electrons. The zero-order valence-corrected chi connectivity index (χ0v) is 19.1. The lowest BCUT2D eigenvalue weighted by Crippen LogP contribution is -2.38. The number of amides is 1. The van der Waals surface area contributed by atoms with Crippen molar-refractivity contribution in [2.45, 2.75) is 57.3 Å². The van der Waals surface area contributed by atoms with E-state index in [4.69, 9.17) is 16.6 Å². The number of nitrogens with one attached hydrogen (secondary N) is 1. The number of pyridine rings is 1. The first-order valence-electron chi connectivity index (χ1n) is 11.7. The summed E-state index contributed by atoms with van der Waals surface area (Å²) in [5.74, 6) is 0.489. The third-order valence-corrected chi connectivity index (χ3v) is 7.09. The number of halogens is 1. The van der Waals surface area contributed by atoms with Crippen molar-refractivity contribution in [2.75, 3.05) is 13.1 Å². The van der Waals surface area contributed by atoms with E-state index in [1.165, 1.54) is 29.7 Å². The highest BCUT2D eigenvalue weighted by Crippen LogP contribution is 2.29. The van der Waals surface area contributed by atoms with Crippen LogP contribution in [0.5, 0.6) is 0 Å². The van der Waals surface area contributed by atoms with Gasteiger partial charge in [-0.3, -0.25) is 14.9 Å². The number of fused-ring (bicyclic) bond motifs is 1. The van der Waals surface area contributed by atoms with E-state index in [0.29, 0.717) is 11.6 Å². The van der Waals surface area contributed by atoms with Gasteiger partial charge in [-0.25, -0.2) is 0 Å². The second kappa shape index (κ2) is 9.45. The van der Waals surface area contributed by atoms with E-state index in [-0.39, 0.29) is 5.91 Å². The smallest absolute Gasteiger partial charge is 0.274 e. The number of carbonyl (C=O) groups excluding carboxylic acids is 1. The summed E-state index contributed by atoms with van der Waals surface area (Å²) in [5.41, 5.74) is 6.48. The van der Waals surface area contributed by atoms with E-state index in [1.54, 1.807) is 0 Å². The lowest BCUT2D eigenvalue weighted by Gasteiger charge is -2.31. The third-order valence-electron chi connectivity index (χ3n) is 6.85. The number of aromatic nitrogens is 3. The Labute approximate surface area is 194 Å². The second-order valence-corrected chi connectivity index (χ2v) is 9.49. The molecule has 1 amide bonds. The van der Waals surface area contributed by atoms with Crippen LogP contribution in [0.4, 0.5) is 0 Å². The number of aryl methyl sites for hydroxylation is 1. The van der Waals surface area contributed by atoms with Crippen molar-refractivity contribution in [1.29, 1.82) is 0 Å². The Balaban J connectivity index is 1.19. The van der Waals surface area contributed by atoms with Crippen molar-refractivity contribution in [3.05, 3.63) is 81.4 Å². The van der Waals surface area contributed by atoms with E-state index >= 15 is 0 Å². The quantitative estimate of drug-likeness (QED) is 0.548. The lowest BCUT2D eigenvalue weighted by molar-refractivity contribution is 0.0705. The predicted octanol–water partition coefficient (Wildman–Crippen LogP) is 5.34. The maximum absolute atomic E-state index is 13.1. The molecule has 1 aliphatic carbocycles. The standard InChI is InChI=1S/C26H29ClN4O/c27-21-6-4-5-18(16-21)15-19-9-10-23(28-17-19)20-11-13-31(14-12-20)26(32)25-22-7-2-1-3-8-24(22)29-30-25/h4-6,9-10,16-17,20H,1-3,7-8,11-15H2,(H,29,30). The highest BCUT2D eigenvalue weighted by molar-refractivity contribution is 6.30. The van der Waals surface area contributed by atoms with Crippen molar-refractivity contribution in [3.8, 4) is 0 Å². The number of piperidine rings is 1. The largest absolute Gasteiger partial charge is 0.337 e. The van der Waals surface area contributed by atoms with E-state index in [1.807, 2.05) is 29.3 Å². The Morgan fingerprint density at radius 1 is 1.06 bits per heavy atom. The molecule has 3 heterocycles. The first-order chi connectivity index (χ1) is 15.7. The number of hydrogen-bond donors (Lipinski definition) is 1. The van der Waals surface area contributed by atoms with Crippen LogP contribution in [0.15, 0.2) is 42.6 Å². The normalized spacial score (nSPS) is 17.1. The molecule has 1 aliphatic heterocycles. The molecular formula is C26H29ClN4O. The van der Waals surface area contributed by atoms with Crippen molar-refractivity contribution >= 4 is 17.5 Å². The Morgan fingerprint density at radius 2 is 1.91 bits per heavy atom. The minimum Gasteiger partial charge on any atom is -0.337 e. The minimum absolute atomic E-state index is 0.0904. The number of benzene rings is 1. The number of likely N-dealkylation sites (tertiary alicyclic amines) is 1. The topological polar surface area (TPSA) is 61.9 Å². The fourth-order valence-corrected chi connectivity index (χ4v) is 5.24. The molecule has 0 atom stereocenters. The lowest BCUT2D eigenvalue weighted by atomic mass is 9.92. The number of hydrogen-bond acceptors (Lipinski definition) is 3. The average Bonchev–Trinajstić information content (AvgIpc) is 3.07. The summed E-state index contributed by atoms with van der Waals surface area (Å²) in [4.78, 5) is 19.9. The Hall–Kier alpha value is -2.66. The summed E-state index contributed by atoms with van der Waals surface area (Å²) < 4.78 is 0. The molecule has 32 heavy (non-hydrogen) atoms. The molecule has 1 fully saturated rings. The van der Waals surface area contributed by atoms with Crippen LogP contribution in [-0.2, 0) is 19.3 Å². The monoisotopic (exact) mass is 448 g/mol.